The Morgan fingerprint density at radius 2 is 2.00 bits per heavy atom. The van der Waals surface area contributed by atoms with Gasteiger partial charge in [-0.25, -0.2) is 0 Å². The van der Waals surface area contributed by atoms with Gasteiger partial charge in [0.1, 0.15) is 5.78 Å². The Morgan fingerprint density at radius 1 is 1.35 bits per heavy atom. The molecule has 2 saturated heterocycles. The molecule has 0 radical (unpaired) electrons. The average molecular weight is 238 g/mol. The summed E-state index contributed by atoms with van der Waals surface area (Å²) in [6.07, 6.45) is 5.45. The molecule has 2 bridgehead atoms. The first-order valence-electron chi connectivity index (χ1n) is 6.75. The number of Topliss-reactive ketones (excluding diaryl/α,β-unsaturated/α-hetero) is 1. The summed E-state index contributed by atoms with van der Waals surface area (Å²) in [7, 11) is 0. The van der Waals surface area contributed by atoms with Crippen LogP contribution >= 0.6 is 0 Å². The molecule has 4 nitrogen and oxygen atoms in total. The lowest BCUT2D eigenvalue weighted by molar-refractivity contribution is -0.127. The Bertz CT molecular complexity index is 288. The molecule has 96 valence electrons. The Kier molecular flexibility index (Phi) is 4.15. The molecule has 2 fully saturated rings. The summed E-state index contributed by atoms with van der Waals surface area (Å²) >= 11 is 0. The van der Waals surface area contributed by atoms with Crippen molar-refractivity contribution in [3.63, 3.8) is 0 Å². The zero-order valence-electron chi connectivity index (χ0n) is 10.6. The number of rotatable bonds is 4. The normalized spacial score (nSPS) is 29.1. The molecule has 4 heteroatoms. The lowest BCUT2D eigenvalue weighted by atomic mass is 9.83. The van der Waals surface area contributed by atoms with E-state index in [0.29, 0.717) is 43.7 Å². The predicted molar refractivity (Wildman–Crippen MR) is 65.7 cm³/mol. The lowest BCUT2D eigenvalue weighted by Gasteiger charge is -2.45. The van der Waals surface area contributed by atoms with Crippen LogP contribution in [0.5, 0.6) is 0 Å². The number of hydrogen-bond acceptors (Lipinski definition) is 3. The van der Waals surface area contributed by atoms with Crippen LogP contribution in [0.15, 0.2) is 0 Å². The summed E-state index contributed by atoms with van der Waals surface area (Å²) in [6, 6.07) is 0.814. The third-order valence-electron chi connectivity index (χ3n) is 3.91. The highest BCUT2D eigenvalue weighted by atomic mass is 16.1. The van der Waals surface area contributed by atoms with Gasteiger partial charge in [-0.15, -0.1) is 0 Å². The van der Waals surface area contributed by atoms with Crippen LogP contribution in [0, 0.1) is 0 Å². The summed E-state index contributed by atoms with van der Waals surface area (Å²) in [6.45, 7) is 3.45. The largest absolute Gasteiger partial charge is 0.356 e. The van der Waals surface area contributed by atoms with Crippen molar-refractivity contribution in [1.82, 2.24) is 10.2 Å². The minimum absolute atomic E-state index is 0.127. The molecule has 0 saturated carbocycles. The summed E-state index contributed by atoms with van der Waals surface area (Å²) in [5.74, 6) is 0.538. The molecule has 0 aromatic carbocycles. The molecule has 17 heavy (non-hydrogen) atoms. The predicted octanol–water partition coefficient (Wildman–Crippen LogP) is 1.10. The van der Waals surface area contributed by atoms with E-state index in [2.05, 4.69) is 10.2 Å². The van der Waals surface area contributed by atoms with Crippen molar-refractivity contribution in [3.8, 4) is 0 Å². The van der Waals surface area contributed by atoms with Crippen molar-refractivity contribution < 1.29 is 9.59 Å². The maximum absolute atomic E-state index is 11.6. The number of fused-ring (bicyclic) bond motifs is 2. The Morgan fingerprint density at radius 3 is 2.59 bits per heavy atom. The van der Waals surface area contributed by atoms with E-state index in [0.717, 1.165) is 19.4 Å². The van der Waals surface area contributed by atoms with Gasteiger partial charge in [-0.2, -0.15) is 0 Å². The third-order valence-corrected chi connectivity index (χ3v) is 3.91. The van der Waals surface area contributed by atoms with Crippen LogP contribution in [-0.4, -0.2) is 41.8 Å². The highest BCUT2D eigenvalue weighted by molar-refractivity contribution is 5.80. The fraction of sp³-hybridized carbons (Fsp3) is 0.846. The molecule has 2 unspecified atom stereocenters. The second-order valence-electron chi connectivity index (χ2n) is 5.13. The van der Waals surface area contributed by atoms with E-state index >= 15 is 0 Å². The van der Waals surface area contributed by atoms with Crippen molar-refractivity contribution in [2.45, 2.75) is 57.5 Å². The Balaban J connectivity index is 1.87. The maximum atomic E-state index is 11.6. The van der Waals surface area contributed by atoms with E-state index in [1.165, 1.54) is 6.42 Å². The summed E-state index contributed by atoms with van der Waals surface area (Å²) in [5.41, 5.74) is 0. The number of carbonyl (C=O) groups excluding carboxylic acids is 2. The van der Waals surface area contributed by atoms with Gasteiger partial charge in [0.15, 0.2) is 0 Å². The monoisotopic (exact) mass is 238 g/mol. The molecule has 0 aromatic rings. The van der Waals surface area contributed by atoms with Crippen LogP contribution in [0.25, 0.3) is 0 Å². The first kappa shape index (κ1) is 12.6. The van der Waals surface area contributed by atoms with Gasteiger partial charge in [-0.1, -0.05) is 6.42 Å². The third kappa shape index (κ3) is 3.06. The van der Waals surface area contributed by atoms with Gasteiger partial charge in [-0.05, 0) is 19.8 Å². The molecular weight excluding hydrogens is 216 g/mol. The van der Waals surface area contributed by atoms with E-state index in [1.54, 1.807) is 0 Å². The fourth-order valence-corrected chi connectivity index (χ4v) is 3.15. The molecule has 1 amide bonds. The van der Waals surface area contributed by atoms with Crippen LogP contribution < -0.4 is 5.32 Å². The van der Waals surface area contributed by atoms with Gasteiger partial charge in [0.2, 0.25) is 5.91 Å². The quantitative estimate of drug-likeness (QED) is 0.798. The second-order valence-corrected chi connectivity index (χ2v) is 5.13. The minimum Gasteiger partial charge on any atom is -0.356 e. The standard InChI is InChI=1S/C13H22N2O2/c1-2-14-13(17)6-7-15-10-4-3-5-11(15)9-12(16)8-10/h10-11H,2-9H2,1H3,(H,14,17). The van der Waals surface area contributed by atoms with E-state index in [9.17, 15) is 9.59 Å². The van der Waals surface area contributed by atoms with Gasteiger partial charge in [0, 0.05) is 44.4 Å². The fourth-order valence-electron chi connectivity index (χ4n) is 3.15. The maximum Gasteiger partial charge on any atom is 0.221 e. The van der Waals surface area contributed by atoms with Crippen LogP contribution in [-0.2, 0) is 9.59 Å². The topological polar surface area (TPSA) is 49.4 Å². The first-order valence-corrected chi connectivity index (χ1v) is 6.75. The Labute approximate surface area is 103 Å². The minimum atomic E-state index is 0.127. The van der Waals surface area contributed by atoms with Crippen molar-refractivity contribution in [2.75, 3.05) is 13.1 Å². The number of hydrogen-bond donors (Lipinski definition) is 1. The molecule has 2 aliphatic rings. The van der Waals surface area contributed by atoms with Gasteiger partial charge in [-0.3, -0.25) is 14.5 Å². The molecule has 0 aromatic heterocycles. The number of amides is 1. The second kappa shape index (κ2) is 5.63. The van der Waals surface area contributed by atoms with E-state index < -0.39 is 0 Å². The zero-order valence-corrected chi connectivity index (χ0v) is 10.6. The Hall–Kier alpha value is -0.900. The van der Waals surface area contributed by atoms with Gasteiger partial charge in [0.25, 0.3) is 0 Å². The number of piperidine rings is 2. The first-order chi connectivity index (χ1) is 8.20. The number of nitrogens with zero attached hydrogens (tertiary/aromatic N) is 1. The van der Waals surface area contributed by atoms with Crippen molar-refractivity contribution in [1.29, 1.82) is 0 Å². The lowest BCUT2D eigenvalue weighted by Crippen LogP contribution is -2.53. The molecule has 2 aliphatic heterocycles. The van der Waals surface area contributed by atoms with Crippen LogP contribution in [0.1, 0.15) is 45.4 Å². The SMILES string of the molecule is CCNC(=O)CCN1C2CCCC1CC(=O)C2. The van der Waals surface area contributed by atoms with Crippen LogP contribution in [0.2, 0.25) is 0 Å². The highest BCUT2D eigenvalue weighted by Gasteiger charge is 2.37. The molecule has 2 rings (SSSR count). The van der Waals surface area contributed by atoms with Gasteiger partial charge >= 0.3 is 0 Å². The molecule has 0 aliphatic carbocycles. The summed E-state index contributed by atoms with van der Waals surface area (Å²) in [5, 5.41) is 2.83. The smallest absolute Gasteiger partial charge is 0.221 e. The number of nitrogens with one attached hydrogen (secondary N) is 1. The molecule has 0 spiro atoms. The molecular formula is C13H22N2O2. The van der Waals surface area contributed by atoms with Crippen LogP contribution in [0.4, 0.5) is 0 Å². The van der Waals surface area contributed by atoms with Crippen LogP contribution in [0.3, 0.4) is 0 Å². The molecule has 1 N–H and O–H groups in total. The van der Waals surface area contributed by atoms with Gasteiger partial charge < -0.3 is 5.32 Å². The van der Waals surface area contributed by atoms with Crippen molar-refractivity contribution in [2.24, 2.45) is 0 Å². The number of ketones is 1. The van der Waals surface area contributed by atoms with Crippen molar-refractivity contribution in [3.05, 3.63) is 0 Å². The van der Waals surface area contributed by atoms with E-state index in [-0.39, 0.29) is 5.91 Å². The zero-order chi connectivity index (χ0) is 12.3. The average Bonchev–Trinajstić information content (AvgIpc) is 2.26. The molecule has 2 atom stereocenters. The summed E-state index contributed by atoms with van der Waals surface area (Å²) < 4.78 is 0. The molecule has 2 heterocycles. The summed E-state index contributed by atoms with van der Waals surface area (Å²) in [4.78, 5) is 25.4. The van der Waals surface area contributed by atoms with E-state index in [1.807, 2.05) is 6.92 Å². The van der Waals surface area contributed by atoms with Crippen molar-refractivity contribution >= 4 is 11.7 Å². The van der Waals surface area contributed by atoms with E-state index in [4.69, 9.17) is 0 Å². The number of carbonyl (C=O) groups is 2. The highest BCUT2D eigenvalue weighted by Crippen LogP contribution is 2.32. The van der Waals surface area contributed by atoms with Gasteiger partial charge in [0.05, 0.1) is 0 Å².